The van der Waals surface area contributed by atoms with Gasteiger partial charge in [0.15, 0.2) is 0 Å². The van der Waals surface area contributed by atoms with Gasteiger partial charge in [-0.15, -0.1) is 0 Å². The Labute approximate surface area is 122 Å². The standard InChI is InChI=1S/C13H9BrClNO3/c14-12-9(15)2-1-3-10(12)16-13(19)8-6-7(17)4-5-11(8)18/h1-6,17-18H,(H,16,19). The van der Waals surface area contributed by atoms with E-state index in [1.54, 1.807) is 18.2 Å². The molecule has 0 aromatic heterocycles. The summed E-state index contributed by atoms with van der Waals surface area (Å²) >= 11 is 9.17. The molecule has 0 bridgehead atoms. The van der Waals surface area contributed by atoms with Crippen LogP contribution in [0.15, 0.2) is 40.9 Å². The Hall–Kier alpha value is -1.72. The number of amides is 1. The van der Waals surface area contributed by atoms with E-state index in [0.29, 0.717) is 15.2 Å². The average molecular weight is 343 g/mol. The van der Waals surface area contributed by atoms with Crippen molar-refractivity contribution in [2.75, 3.05) is 5.32 Å². The molecule has 3 N–H and O–H groups in total. The van der Waals surface area contributed by atoms with E-state index in [1.807, 2.05) is 0 Å². The molecule has 2 aromatic carbocycles. The van der Waals surface area contributed by atoms with E-state index in [9.17, 15) is 15.0 Å². The zero-order valence-electron chi connectivity index (χ0n) is 9.52. The summed E-state index contributed by atoms with van der Waals surface area (Å²) in [5.74, 6) is -0.863. The van der Waals surface area contributed by atoms with Crippen molar-refractivity contribution in [3.05, 3.63) is 51.5 Å². The summed E-state index contributed by atoms with van der Waals surface area (Å²) < 4.78 is 0.546. The zero-order chi connectivity index (χ0) is 14.0. The average Bonchev–Trinajstić information content (AvgIpc) is 2.38. The molecule has 0 aliphatic rings. The van der Waals surface area contributed by atoms with Crippen molar-refractivity contribution in [2.24, 2.45) is 0 Å². The minimum Gasteiger partial charge on any atom is -0.508 e. The van der Waals surface area contributed by atoms with Crippen molar-refractivity contribution in [1.29, 1.82) is 0 Å². The Bertz CT molecular complexity index is 646. The number of aromatic hydroxyl groups is 2. The van der Waals surface area contributed by atoms with Gasteiger partial charge in [0.2, 0.25) is 0 Å². The van der Waals surface area contributed by atoms with Crippen LogP contribution in [0, 0.1) is 0 Å². The molecule has 1 amide bonds. The lowest BCUT2D eigenvalue weighted by Gasteiger charge is -2.09. The van der Waals surface area contributed by atoms with Crippen LogP contribution < -0.4 is 5.32 Å². The third kappa shape index (κ3) is 3.00. The highest BCUT2D eigenvalue weighted by Crippen LogP contribution is 2.31. The van der Waals surface area contributed by atoms with Crippen molar-refractivity contribution in [2.45, 2.75) is 0 Å². The Morgan fingerprint density at radius 1 is 1.21 bits per heavy atom. The molecule has 0 unspecified atom stereocenters. The summed E-state index contributed by atoms with van der Waals surface area (Å²) in [5, 5.41) is 22.0. The molecule has 0 saturated heterocycles. The second-order valence-electron chi connectivity index (χ2n) is 3.76. The SMILES string of the molecule is O=C(Nc1cccc(Cl)c1Br)c1cc(O)ccc1O. The van der Waals surface area contributed by atoms with Crippen LogP contribution in [0.1, 0.15) is 10.4 Å². The van der Waals surface area contributed by atoms with Gasteiger partial charge in [-0.25, -0.2) is 0 Å². The highest BCUT2D eigenvalue weighted by molar-refractivity contribution is 9.10. The van der Waals surface area contributed by atoms with E-state index in [4.69, 9.17) is 11.6 Å². The lowest BCUT2D eigenvalue weighted by molar-refractivity contribution is 0.102. The van der Waals surface area contributed by atoms with Crippen LogP contribution in [0.5, 0.6) is 11.5 Å². The van der Waals surface area contributed by atoms with Gasteiger partial charge in [0.1, 0.15) is 11.5 Å². The number of rotatable bonds is 2. The summed E-state index contributed by atoms with van der Waals surface area (Å²) in [6.45, 7) is 0. The molecule has 0 spiro atoms. The number of hydrogen-bond acceptors (Lipinski definition) is 3. The quantitative estimate of drug-likeness (QED) is 0.728. The van der Waals surface area contributed by atoms with Gasteiger partial charge in [-0.1, -0.05) is 17.7 Å². The zero-order valence-corrected chi connectivity index (χ0v) is 11.9. The minimum atomic E-state index is -0.545. The molecule has 0 aliphatic carbocycles. The van der Waals surface area contributed by atoms with Gasteiger partial charge in [0, 0.05) is 0 Å². The van der Waals surface area contributed by atoms with Gasteiger partial charge in [-0.05, 0) is 46.3 Å². The molecule has 6 heteroatoms. The number of carbonyl (C=O) groups excluding carboxylic acids is 1. The van der Waals surface area contributed by atoms with E-state index in [-0.39, 0.29) is 17.1 Å². The third-order valence-electron chi connectivity index (χ3n) is 2.42. The molecular formula is C13H9BrClNO3. The van der Waals surface area contributed by atoms with Crippen LogP contribution in [-0.2, 0) is 0 Å². The molecule has 2 rings (SSSR count). The summed E-state index contributed by atoms with van der Waals surface area (Å²) in [6.07, 6.45) is 0. The largest absolute Gasteiger partial charge is 0.508 e. The number of carbonyl (C=O) groups is 1. The normalized spacial score (nSPS) is 10.2. The molecule has 4 nitrogen and oxygen atoms in total. The Kier molecular flexibility index (Phi) is 3.97. The smallest absolute Gasteiger partial charge is 0.259 e. The maximum Gasteiger partial charge on any atom is 0.259 e. The fraction of sp³-hybridized carbons (Fsp3) is 0. The summed E-state index contributed by atoms with van der Waals surface area (Å²) in [4.78, 5) is 12.0. The predicted octanol–water partition coefficient (Wildman–Crippen LogP) is 3.77. The third-order valence-corrected chi connectivity index (χ3v) is 3.82. The van der Waals surface area contributed by atoms with Crippen LogP contribution in [0.2, 0.25) is 5.02 Å². The van der Waals surface area contributed by atoms with Gasteiger partial charge in [0.05, 0.1) is 20.7 Å². The van der Waals surface area contributed by atoms with Gasteiger partial charge < -0.3 is 15.5 Å². The topological polar surface area (TPSA) is 69.6 Å². The summed E-state index contributed by atoms with van der Waals surface area (Å²) in [7, 11) is 0. The van der Waals surface area contributed by atoms with Gasteiger partial charge in [0.25, 0.3) is 5.91 Å². The minimum absolute atomic E-state index is 0.0214. The van der Waals surface area contributed by atoms with Crippen LogP contribution in [0.4, 0.5) is 5.69 Å². The van der Waals surface area contributed by atoms with E-state index in [1.165, 1.54) is 18.2 Å². The van der Waals surface area contributed by atoms with Crippen LogP contribution in [0.25, 0.3) is 0 Å². The number of hydrogen-bond donors (Lipinski definition) is 3. The fourth-order valence-electron chi connectivity index (χ4n) is 1.50. The number of halogens is 2. The Morgan fingerprint density at radius 3 is 2.68 bits per heavy atom. The highest BCUT2D eigenvalue weighted by Gasteiger charge is 2.14. The Morgan fingerprint density at radius 2 is 1.95 bits per heavy atom. The molecule has 19 heavy (non-hydrogen) atoms. The lowest BCUT2D eigenvalue weighted by Crippen LogP contribution is -2.12. The monoisotopic (exact) mass is 341 g/mol. The van der Waals surface area contributed by atoms with Crippen molar-refractivity contribution in [3.63, 3.8) is 0 Å². The number of phenols is 2. The first-order valence-corrected chi connectivity index (χ1v) is 6.43. The summed E-state index contributed by atoms with van der Waals surface area (Å²) in [6, 6.07) is 8.74. The molecule has 0 heterocycles. The highest BCUT2D eigenvalue weighted by atomic mass is 79.9. The first-order valence-electron chi connectivity index (χ1n) is 5.26. The lowest BCUT2D eigenvalue weighted by atomic mass is 10.1. The predicted molar refractivity (Wildman–Crippen MR) is 76.9 cm³/mol. The van der Waals surface area contributed by atoms with E-state index in [0.717, 1.165) is 0 Å². The molecule has 0 aliphatic heterocycles. The molecule has 0 saturated carbocycles. The van der Waals surface area contributed by atoms with E-state index < -0.39 is 5.91 Å². The molecule has 0 fully saturated rings. The molecule has 0 radical (unpaired) electrons. The molecule has 98 valence electrons. The maximum atomic E-state index is 12.0. The molecule has 0 atom stereocenters. The van der Waals surface area contributed by atoms with Crippen LogP contribution in [-0.4, -0.2) is 16.1 Å². The van der Waals surface area contributed by atoms with Gasteiger partial charge in [-0.2, -0.15) is 0 Å². The first-order chi connectivity index (χ1) is 8.99. The van der Waals surface area contributed by atoms with Gasteiger partial charge >= 0.3 is 0 Å². The number of anilines is 1. The Balaban J connectivity index is 2.31. The number of nitrogens with one attached hydrogen (secondary N) is 1. The van der Waals surface area contributed by atoms with Crippen molar-refractivity contribution < 1.29 is 15.0 Å². The molecule has 2 aromatic rings. The number of benzene rings is 2. The van der Waals surface area contributed by atoms with E-state index >= 15 is 0 Å². The fourth-order valence-corrected chi connectivity index (χ4v) is 2.03. The summed E-state index contributed by atoms with van der Waals surface area (Å²) in [5.41, 5.74) is 0.451. The maximum absolute atomic E-state index is 12.0. The van der Waals surface area contributed by atoms with Crippen molar-refractivity contribution >= 4 is 39.1 Å². The van der Waals surface area contributed by atoms with Crippen LogP contribution >= 0.6 is 27.5 Å². The first kappa shape index (κ1) is 13.7. The second kappa shape index (κ2) is 5.50. The number of phenolic OH excluding ortho intramolecular Hbond substituents is 2. The van der Waals surface area contributed by atoms with Crippen LogP contribution in [0.3, 0.4) is 0 Å². The van der Waals surface area contributed by atoms with Crippen molar-refractivity contribution in [3.8, 4) is 11.5 Å². The second-order valence-corrected chi connectivity index (χ2v) is 4.96. The van der Waals surface area contributed by atoms with Gasteiger partial charge in [-0.3, -0.25) is 4.79 Å². The molecular weight excluding hydrogens is 334 g/mol. The van der Waals surface area contributed by atoms with Crippen molar-refractivity contribution in [1.82, 2.24) is 0 Å². The van der Waals surface area contributed by atoms with E-state index in [2.05, 4.69) is 21.2 Å².